The lowest BCUT2D eigenvalue weighted by atomic mass is 9.98. The second-order valence-electron chi connectivity index (χ2n) is 8.10. The molecule has 0 saturated carbocycles. The number of hydrogen-bond acceptors (Lipinski definition) is 6. The molecule has 34 heavy (non-hydrogen) atoms. The summed E-state index contributed by atoms with van der Waals surface area (Å²) in [5.41, 5.74) is 7.89. The van der Waals surface area contributed by atoms with E-state index in [4.69, 9.17) is 24.5 Å². The van der Waals surface area contributed by atoms with Crippen LogP contribution < -0.4 is 4.74 Å². The molecule has 5 rings (SSSR count). The minimum Gasteiger partial charge on any atom is -0.496 e. The Labute approximate surface area is 197 Å². The SMILES string of the molecule is C/C=C(/C(C)=N\OC)c1cc2[nH]c3nc(C)nc(-c4c(C)nc5ccccn45)c3c2cc1OC. The highest BCUT2D eigenvalue weighted by molar-refractivity contribution is 6.24. The number of pyridine rings is 1. The second-order valence-corrected chi connectivity index (χ2v) is 8.10. The first-order chi connectivity index (χ1) is 16.5. The zero-order valence-electron chi connectivity index (χ0n) is 20.1. The Morgan fingerprint density at radius 2 is 1.94 bits per heavy atom. The Morgan fingerprint density at radius 3 is 2.68 bits per heavy atom. The largest absolute Gasteiger partial charge is 0.496 e. The molecule has 0 radical (unpaired) electrons. The van der Waals surface area contributed by atoms with E-state index in [0.717, 1.165) is 67.3 Å². The number of ether oxygens (including phenoxy) is 1. The molecule has 0 bridgehead atoms. The number of aromatic amines is 1. The van der Waals surface area contributed by atoms with Gasteiger partial charge >= 0.3 is 0 Å². The Hall–Kier alpha value is -4.20. The molecule has 0 aliphatic heterocycles. The lowest BCUT2D eigenvalue weighted by Gasteiger charge is -2.12. The van der Waals surface area contributed by atoms with Gasteiger partial charge in [0.15, 0.2) is 0 Å². The van der Waals surface area contributed by atoms with Gasteiger partial charge in [-0.05, 0) is 52.0 Å². The van der Waals surface area contributed by atoms with Crippen LogP contribution in [0.2, 0.25) is 0 Å². The maximum atomic E-state index is 5.82. The van der Waals surface area contributed by atoms with Gasteiger partial charge in [0.25, 0.3) is 0 Å². The number of nitrogens with one attached hydrogen (secondary N) is 1. The Balaban J connectivity index is 1.85. The molecule has 0 fully saturated rings. The van der Waals surface area contributed by atoms with E-state index in [1.165, 1.54) is 0 Å². The summed E-state index contributed by atoms with van der Waals surface area (Å²) >= 11 is 0. The number of allylic oxidation sites excluding steroid dienone is 2. The van der Waals surface area contributed by atoms with Gasteiger partial charge in [-0.1, -0.05) is 17.3 Å². The quantitative estimate of drug-likeness (QED) is 0.281. The van der Waals surface area contributed by atoms with Crippen molar-refractivity contribution in [2.24, 2.45) is 5.16 Å². The molecule has 5 aromatic rings. The van der Waals surface area contributed by atoms with Gasteiger partial charge in [0, 0.05) is 28.2 Å². The number of aryl methyl sites for hydroxylation is 2. The van der Waals surface area contributed by atoms with Crippen molar-refractivity contribution in [3.05, 3.63) is 59.7 Å². The number of benzene rings is 1. The van der Waals surface area contributed by atoms with E-state index in [1.807, 2.05) is 64.2 Å². The molecule has 0 aliphatic carbocycles. The predicted octanol–water partition coefficient (Wildman–Crippen LogP) is 5.48. The molecule has 172 valence electrons. The number of methoxy groups -OCH3 is 1. The van der Waals surface area contributed by atoms with Gasteiger partial charge in [-0.15, -0.1) is 0 Å². The van der Waals surface area contributed by atoms with Gasteiger partial charge < -0.3 is 14.6 Å². The number of H-pyrrole nitrogens is 1. The van der Waals surface area contributed by atoms with Gasteiger partial charge in [-0.3, -0.25) is 4.40 Å². The molecule has 4 aromatic heterocycles. The van der Waals surface area contributed by atoms with Crippen LogP contribution in [0.15, 0.2) is 47.8 Å². The van der Waals surface area contributed by atoms with E-state index in [-0.39, 0.29) is 0 Å². The average molecular weight is 455 g/mol. The highest BCUT2D eigenvalue weighted by Gasteiger charge is 2.22. The number of fused-ring (bicyclic) bond motifs is 4. The highest BCUT2D eigenvalue weighted by atomic mass is 16.6. The van der Waals surface area contributed by atoms with E-state index in [0.29, 0.717) is 5.82 Å². The van der Waals surface area contributed by atoms with E-state index < -0.39 is 0 Å². The lowest BCUT2D eigenvalue weighted by molar-refractivity contribution is 0.214. The second kappa shape index (κ2) is 8.30. The standard InChI is InChI=1S/C26H26N6O2/c1-7-17(14(2)31-34-6)18-12-20-19(13-21(18)33-5)23-24(28-16(4)29-26(23)30-20)25-15(3)27-22-10-8-9-11-32(22)25/h7-13H,1-6H3,(H,28,29,30)/b17-7-,31-14-. The van der Waals surface area contributed by atoms with Crippen LogP contribution in [0, 0.1) is 13.8 Å². The smallest absolute Gasteiger partial charge is 0.142 e. The van der Waals surface area contributed by atoms with E-state index in [9.17, 15) is 0 Å². The zero-order valence-corrected chi connectivity index (χ0v) is 20.1. The van der Waals surface area contributed by atoms with Gasteiger partial charge in [0.05, 0.1) is 29.6 Å². The topological polar surface area (TPSA) is 89.7 Å². The van der Waals surface area contributed by atoms with Crippen molar-refractivity contribution in [1.82, 2.24) is 24.3 Å². The van der Waals surface area contributed by atoms with Crippen molar-refractivity contribution < 1.29 is 9.57 Å². The fraction of sp³-hybridized carbons (Fsp3) is 0.231. The van der Waals surface area contributed by atoms with Crippen LogP contribution in [-0.2, 0) is 4.84 Å². The fourth-order valence-corrected chi connectivity index (χ4v) is 4.63. The summed E-state index contributed by atoms with van der Waals surface area (Å²) in [5.74, 6) is 1.41. The number of hydrogen-bond donors (Lipinski definition) is 1. The van der Waals surface area contributed by atoms with Crippen molar-refractivity contribution in [3.63, 3.8) is 0 Å². The minimum absolute atomic E-state index is 0.684. The summed E-state index contributed by atoms with van der Waals surface area (Å²) in [6, 6.07) is 10.1. The van der Waals surface area contributed by atoms with E-state index in [1.54, 1.807) is 14.2 Å². The maximum Gasteiger partial charge on any atom is 0.142 e. The molecule has 0 saturated heterocycles. The third-order valence-corrected chi connectivity index (χ3v) is 6.01. The Morgan fingerprint density at radius 1 is 1.12 bits per heavy atom. The number of oxime groups is 1. The Kier molecular flexibility index (Phi) is 5.28. The third kappa shape index (κ3) is 3.30. The molecule has 0 atom stereocenters. The molecule has 8 heteroatoms. The van der Waals surface area contributed by atoms with Gasteiger partial charge in [-0.25, -0.2) is 15.0 Å². The number of imidazole rings is 1. The first-order valence-corrected chi connectivity index (χ1v) is 11.0. The average Bonchev–Trinajstić information content (AvgIpc) is 3.34. The summed E-state index contributed by atoms with van der Waals surface area (Å²) in [5, 5.41) is 6.03. The van der Waals surface area contributed by atoms with Crippen LogP contribution in [-0.4, -0.2) is 44.3 Å². The molecule has 0 aliphatic rings. The summed E-state index contributed by atoms with van der Waals surface area (Å²) in [4.78, 5) is 22.8. The minimum atomic E-state index is 0.684. The van der Waals surface area contributed by atoms with Gasteiger partial charge in [0.2, 0.25) is 0 Å². The van der Waals surface area contributed by atoms with Crippen LogP contribution in [0.25, 0.3) is 44.5 Å². The fourth-order valence-electron chi connectivity index (χ4n) is 4.63. The van der Waals surface area contributed by atoms with Crippen LogP contribution >= 0.6 is 0 Å². The van der Waals surface area contributed by atoms with Crippen LogP contribution in [0.5, 0.6) is 5.75 Å². The molecule has 1 aromatic carbocycles. The van der Waals surface area contributed by atoms with Crippen molar-refractivity contribution in [1.29, 1.82) is 0 Å². The number of rotatable bonds is 5. The first-order valence-electron chi connectivity index (χ1n) is 11.0. The summed E-state index contributed by atoms with van der Waals surface area (Å²) in [6.07, 6.45) is 4.01. The van der Waals surface area contributed by atoms with Crippen LogP contribution in [0.1, 0.15) is 30.9 Å². The van der Waals surface area contributed by atoms with Gasteiger partial charge in [0.1, 0.15) is 35.7 Å². The first kappa shape index (κ1) is 21.6. The van der Waals surface area contributed by atoms with E-state index >= 15 is 0 Å². The molecule has 0 unspecified atom stereocenters. The zero-order chi connectivity index (χ0) is 24.0. The molecule has 0 amide bonds. The molecule has 4 heterocycles. The molecule has 8 nitrogen and oxygen atoms in total. The molecular formula is C26H26N6O2. The summed E-state index contributed by atoms with van der Waals surface area (Å²) in [6.45, 7) is 7.80. The van der Waals surface area contributed by atoms with Crippen LogP contribution in [0.3, 0.4) is 0 Å². The maximum absolute atomic E-state index is 5.82. The molecular weight excluding hydrogens is 428 g/mol. The molecule has 1 N–H and O–H groups in total. The van der Waals surface area contributed by atoms with Crippen molar-refractivity contribution in [3.8, 4) is 17.1 Å². The van der Waals surface area contributed by atoms with Crippen molar-refractivity contribution in [2.45, 2.75) is 27.7 Å². The van der Waals surface area contributed by atoms with Gasteiger partial charge in [-0.2, -0.15) is 0 Å². The highest BCUT2D eigenvalue weighted by Crippen LogP contribution is 2.39. The number of aromatic nitrogens is 5. The normalized spacial score (nSPS) is 12.8. The lowest BCUT2D eigenvalue weighted by Crippen LogP contribution is -2.00. The summed E-state index contributed by atoms with van der Waals surface area (Å²) < 4.78 is 7.90. The van der Waals surface area contributed by atoms with E-state index in [2.05, 4.69) is 20.6 Å². The summed E-state index contributed by atoms with van der Waals surface area (Å²) in [7, 11) is 3.21. The Bertz CT molecular complexity index is 1620. The third-order valence-electron chi connectivity index (χ3n) is 6.01. The molecule has 0 spiro atoms. The number of nitrogens with zero attached hydrogens (tertiary/aromatic N) is 5. The monoisotopic (exact) mass is 454 g/mol. The van der Waals surface area contributed by atoms with Crippen molar-refractivity contribution >= 4 is 38.9 Å². The van der Waals surface area contributed by atoms with Crippen molar-refractivity contribution in [2.75, 3.05) is 14.2 Å². The predicted molar refractivity (Wildman–Crippen MR) is 135 cm³/mol. The van der Waals surface area contributed by atoms with Crippen LogP contribution in [0.4, 0.5) is 0 Å².